The maximum Gasteiger partial charge on any atom is 0.178 e. The summed E-state index contributed by atoms with van der Waals surface area (Å²) >= 11 is 0. The van der Waals surface area contributed by atoms with Crippen molar-refractivity contribution in [2.45, 2.75) is 46.9 Å². The maximum absolute atomic E-state index is 11.4. The average Bonchev–Trinajstić information content (AvgIpc) is 2.24. The fraction of sp³-hybridized carbons (Fsp3) is 0.571. The number of rotatable bonds is 4. The zero-order valence-corrected chi connectivity index (χ0v) is 13.3. The molecule has 0 aliphatic heterocycles. The molecule has 100 valence electrons. The third kappa shape index (κ3) is 4.03. The van der Waals surface area contributed by atoms with Crippen LogP contribution in [0.5, 0.6) is 0 Å². The third-order valence-corrected chi connectivity index (χ3v) is 3.46. The van der Waals surface area contributed by atoms with Crippen LogP contribution in [0.2, 0.25) is 13.1 Å². The van der Waals surface area contributed by atoms with Gasteiger partial charge in [0, 0.05) is 13.1 Å². The highest BCUT2D eigenvalue weighted by atomic mass is 28.3. The van der Waals surface area contributed by atoms with Gasteiger partial charge in [0.2, 0.25) is 0 Å². The summed E-state index contributed by atoms with van der Waals surface area (Å²) in [6, 6.07) is 3.80. The lowest BCUT2D eigenvalue weighted by atomic mass is 9.85. The van der Waals surface area contributed by atoms with E-state index in [9.17, 15) is 4.79 Å². The molecule has 1 atom stereocenters. The lowest BCUT2D eigenvalue weighted by molar-refractivity contribution is 0.0862. The molecule has 0 aliphatic carbocycles. The van der Waals surface area contributed by atoms with Crippen LogP contribution in [-0.4, -0.2) is 19.8 Å². The summed E-state index contributed by atoms with van der Waals surface area (Å²) in [5.74, 6) is -0.00805. The number of hydrogen-bond acceptors (Lipinski definition) is 3. The van der Waals surface area contributed by atoms with E-state index in [0.717, 1.165) is 5.56 Å². The molecule has 0 amide bonds. The van der Waals surface area contributed by atoms with Gasteiger partial charge >= 0.3 is 0 Å². The van der Waals surface area contributed by atoms with Gasteiger partial charge in [-0.05, 0) is 36.2 Å². The molecule has 0 bridgehead atoms. The SMILES string of the molecule is CC(=O)c1cc(C(O[SiH](C)C)C(C)(C)C)ccn1. The van der Waals surface area contributed by atoms with Gasteiger partial charge in [-0.15, -0.1) is 0 Å². The standard InChI is InChI=1S/C14H23NO2Si/c1-10(16)12-9-11(7-8-15-12)13(14(2,3)4)17-18(5)6/h7-9,13,18H,1-6H3. The number of carbonyl (C=O) groups excluding carboxylic acids is 1. The summed E-state index contributed by atoms with van der Waals surface area (Å²) in [5, 5.41) is 0. The van der Waals surface area contributed by atoms with Gasteiger partial charge in [-0.1, -0.05) is 20.8 Å². The number of pyridine rings is 1. The molecule has 0 fully saturated rings. The zero-order valence-electron chi connectivity index (χ0n) is 12.2. The van der Waals surface area contributed by atoms with E-state index in [1.54, 1.807) is 6.20 Å². The fourth-order valence-corrected chi connectivity index (χ4v) is 2.97. The molecule has 0 spiro atoms. The Hall–Kier alpha value is -1.00. The van der Waals surface area contributed by atoms with Gasteiger partial charge in [-0.25, -0.2) is 0 Å². The Kier molecular flexibility index (Phi) is 4.82. The molecule has 18 heavy (non-hydrogen) atoms. The summed E-state index contributed by atoms with van der Waals surface area (Å²) in [5.41, 5.74) is 1.56. The van der Waals surface area contributed by atoms with Gasteiger partial charge in [0.1, 0.15) is 5.69 Å². The monoisotopic (exact) mass is 265 g/mol. The van der Waals surface area contributed by atoms with E-state index in [4.69, 9.17) is 4.43 Å². The summed E-state index contributed by atoms with van der Waals surface area (Å²) < 4.78 is 6.14. The van der Waals surface area contributed by atoms with E-state index < -0.39 is 9.04 Å². The van der Waals surface area contributed by atoms with E-state index in [1.807, 2.05) is 12.1 Å². The highest BCUT2D eigenvalue weighted by molar-refractivity contribution is 6.48. The second-order valence-electron chi connectivity index (χ2n) is 5.96. The van der Waals surface area contributed by atoms with Crippen LogP contribution >= 0.6 is 0 Å². The normalized spacial score (nSPS) is 13.7. The van der Waals surface area contributed by atoms with E-state index >= 15 is 0 Å². The molecular formula is C14H23NO2Si. The van der Waals surface area contributed by atoms with Crippen molar-refractivity contribution in [1.82, 2.24) is 4.98 Å². The number of aromatic nitrogens is 1. The van der Waals surface area contributed by atoms with Crippen LogP contribution in [0, 0.1) is 5.41 Å². The molecule has 1 aromatic heterocycles. The lowest BCUT2D eigenvalue weighted by Crippen LogP contribution is -2.26. The Morgan fingerprint density at radius 2 is 2.00 bits per heavy atom. The predicted molar refractivity (Wildman–Crippen MR) is 76.4 cm³/mol. The van der Waals surface area contributed by atoms with Gasteiger partial charge in [0.15, 0.2) is 14.8 Å². The fourth-order valence-electron chi connectivity index (χ4n) is 1.86. The van der Waals surface area contributed by atoms with Gasteiger partial charge in [0.25, 0.3) is 0 Å². The van der Waals surface area contributed by atoms with Crippen molar-refractivity contribution >= 4 is 14.8 Å². The molecule has 3 nitrogen and oxygen atoms in total. The maximum atomic E-state index is 11.4. The van der Waals surface area contributed by atoms with Crippen molar-refractivity contribution in [3.8, 4) is 0 Å². The first-order valence-corrected chi connectivity index (χ1v) is 9.12. The number of ketones is 1. The van der Waals surface area contributed by atoms with Crippen molar-refractivity contribution < 1.29 is 9.22 Å². The third-order valence-electron chi connectivity index (χ3n) is 2.64. The molecule has 0 aliphatic rings. The molecule has 0 aromatic carbocycles. The molecule has 4 heteroatoms. The van der Waals surface area contributed by atoms with E-state index in [2.05, 4.69) is 38.8 Å². The average molecular weight is 265 g/mol. The number of carbonyl (C=O) groups is 1. The lowest BCUT2D eigenvalue weighted by Gasteiger charge is -2.33. The minimum Gasteiger partial charge on any atom is -0.413 e. The summed E-state index contributed by atoms with van der Waals surface area (Å²) in [7, 11) is -1.14. The molecule has 0 saturated heterocycles. The summed E-state index contributed by atoms with van der Waals surface area (Å²) in [4.78, 5) is 15.5. The second-order valence-corrected chi connectivity index (χ2v) is 8.33. The number of nitrogens with zero attached hydrogens (tertiary/aromatic N) is 1. The largest absolute Gasteiger partial charge is 0.413 e. The Bertz CT molecular complexity index is 424. The number of Topliss-reactive ketones (excluding diaryl/α,β-unsaturated/α-hetero) is 1. The highest BCUT2D eigenvalue weighted by Gasteiger charge is 2.28. The molecular weight excluding hydrogens is 242 g/mol. The van der Waals surface area contributed by atoms with Gasteiger partial charge in [-0.2, -0.15) is 0 Å². The molecule has 0 N–H and O–H groups in total. The Morgan fingerprint density at radius 3 is 2.44 bits per heavy atom. The van der Waals surface area contributed by atoms with Crippen molar-refractivity contribution in [3.05, 3.63) is 29.6 Å². The van der Waals surface area contributed by atoms with Crippen LogP contribution in [0.15, 0.2) is 18.3 Å². The second kappa shape index (κ2) is 5.76. The van der Waals surface area contributed by atoms with Gasteiger partial charge < -0.3 is 4.43 Å². The molecule has 1 unspecified atom stereocenters. The van der Waals surface area contributed by atoms with Crippen LogP contribution < -0.4 is 0 Å². The topological polar surface area (TPSA) is 39.2 Å². The first kappa shape index (κ1) is 15.1. The van der Waals surface area contributed by atoms with Crippen molar-refractivity contribution in [2.75, 3.05) is 0 Å². The van der Waals surface area contributed by atoms with Crippen LogP contribution in [-0.2, 0) is 4.43 Å². The Balaban J connectivity index is 3.13. The smallest absolute Gasteiger partial charge is 0.178 e. The minimum atomic E-state index is -1.14. The van der Waals surface area contributed by atoms with E-state index in [1.165, 1.54) is 6.92 Å². The van der Waals surface area contributed by atoms with Gasteiger partial charge in [0.05, 0.1) is 6.10 Å². The molecule has 1 rings (SSSR count). The van der Waals surface area contributed by atoms with E-state index in [0.29, 0.717) is 5.69 Å². The zero-order chi connectivity index (χ0) is 13.9. The van der Waals surface area contributed by atoms with Crippen molar-refractivity contribution in [1.29, 1.82) is 0 Å². The quantitative estimate of drug-likeness (QED) is 0.619. The first-order chi connectivity index (χ1) is 8.21. The molecule has 0 radical (unpaired) electrons. The highest BCUT2D eigenvalue weighted by Crippen LogP contribution is 2.36. The molecule has 0 saturated carbocycles. The summed E-state index contributed by atoms with van der Waals surface area (Å²) in [6.07, 6.45) is 1.71. The Morgan fingerprint density at radius 1 is 1.39 bits per heavy atom. The predicted octanol–water partition coefficient (Wildman–Crippen LogP) is 3.37. The van der Waals surface area contributed by atoms with Crippen molar-refractivity contribution in [2.24, 2.45) is 5.41 Å². The number of hydrogen-bond donors (Lipinski definition) is 0. The molecule has 1 heterocycles. The molecule has 1 aromatic rings. The van der Waals surface area contributed by atoms with E-state index in [-0.39, 0.29) is 17.3 Å². The van der Waals surface area contributed by atoms with Crippen molar-refractivity contribution in [3.63, 3.8) is 0 Å². The summed E-state index contributed by atoms with van der Waals surface area (Å²) in [6.45, 7) is 12.3. The van der Waals surface area contributed by atoms with Crippen LogP contribution in [0.4, 0.5) is 0 Å². The first-order valence-electron chi connectivity index (χ1n) is 6.34. The minimum absolute atomic E-state index is 0.00663. The van der Waals surface area contributed by atoms with Crippen LogP contribution in [0.3, 0.4) is 0 Å². The Labute approximate surface area is 111 Å². The van der Waals surface area contributed by atoms with Gasteiger partial charge in [-0.3, -0.25) is 9.78 Å². The van der Waals surface area contributed by atoms with Crippen LogP contribution in [0.25, 0.3) is 0 Å². The van der Waals surface area contributed by atoms with Crippen LogP contribution in [0.1, 0.15) is 49.9 Å².